The number of ketones is 1. The quantitative estimate of drug-likeness (QED) is 0.659. The second kappa shape index (κ2) is 9.62. The van der Waals surface area contributed by atoms with Crippen LogP contribution in [0.25, 0.3) is 0 Å². The minimum atomic E-state index is -3.60. The lowest BCUT2D eigenvalue weighted by Gasteiger charge is -2.26. The molecule has 0 spiro atoms. The average Bonchev–Trinajstić information content (AvgIpc) is 2.75. The van der Waals surface area contributed by atoms with Crippen LogP contribution in [0, 0.1) is 6.92 Å². The maximum absolute atomic E-state index is 13.0. The van der Waals surface area contributed by atoms with Crippen LogP contribution < -0.4 is 10.1 Å². The molecule has 7 nitrogen and oxygen atoms in total. The topological polar surface area (TPSA) is 92.8 Å². The molecule has 1 heterocycles. The molecule has 31 heavy (non-hydrogen) atoms. The van der Waals surface area contributed by atoms with Crippen LogP contribution >= 0.6 is 0 Å². The number of sulfonamides is 1. The second-order valence-corrected chi connectivity index (χ2v) is 9.69. The first kappa shape index (κ1) is 23.0. The molecule has 0 saturated carbocycles. The summed E-state index contributed by atoms with van der Waals surface area (Å²) in [7, 11) is -2.09. The fourth-order valence-electron chi connectivity index (χ4n) is 3.65. The number of benzene rings is 2. The molecule has 0 bridgehead atoms. The van der Waals surface area contributed by atoms with E-state index >= 15 is 0 Å². The van der Waals surface area contributed by atoms with E-state index < -0.39 is 10.0 Å². The zero-order valence-corrected chi connectivity index (χ0v) is 18.9. The van der Waals surface area contributed by atoms with Crippen molar-refractivity contribution in [2.45, 2.75) is 44.4 Å². The maximum atomic E-state index is 13.0. The number of carbonyl (C=O) groups is 2. The number of methoxy groups -OCH3 is 1. The molecule has 0 aromatic heterocycles. The third-order valence-corrected chi connectivity index (χ3v) is 7.37. The van der Waals surface area contributed by atoms with E-state index in [2.05, 4.69) is 5.32 Å². The van der Waals surface area contributed by atoms with Crippen molar-refractivity contribution in [1.29, 1.82) is 0 Å². The number of Topliss-reactive ketones (excluding diaryl/α,β-unsaturated/α-hetero) is 1. The van der Waals surface area contributed by atoms with Gasteiger partial charge in [-0.1, -0.05) is 12.5 Å². The molecule has 0 radical (unpaired) electrons. The van der Waals surface area contributed by atoms with Crippen molar-refractivity contribution in [3.8, 4) is 5.75 Å². The minimum Gasteiger partial charge on any atom is -0.496 e. The number of rotatable bonds is 7. The summed E-state index contributed by atoms with van der Waals surface area (Å²) in [4.78, 5) is 24.6. The van der Waals surface area contributed by atoms with Crippen molar-refractivity contribution >= 4 is 27.4 Å². The molecular weight excluding hydrogens is 416 g/mol. The Balaban J connectivity index is 1.81. The molecule has 0 atom stereocenters. The average molecular weight is 445 g/mol. The first-order chi connectivity index (χ1) is 14.7. The smallest absolute Gasteiger partial charge is 0.243 e. The van der Waals surface area contributed by atoms with Crippen molar-refractivity contribution in [3.05, 3.63) is 53.1 Å². The number of nitrogens with zero attached hydrogens (tertiary/aromatic N) is 1. The second-order valence-electron chi connectivity index (χ2n) is 7.75. The van der Waals surface area contributed by atoms with Gasteiger partial charge in [-0.15, -0.1) is 0 Å². The lowest BCUT2D eigenvalue weighted by molar-refractivity contribution is -0.115. The number of aryl methyl sites for hydroxylation is 1. The summed E-state index contributed by atoms with van der Waals surface area (Å²) in [6, 6.07) is 9.75. The summed E-state index contributed by atoms with van der Waals surface area (Å²) in [6.07, 6.45) is 2.74. The largest absolute Gasteiger partial charge is 0.496 e. The van der Waals surface area contributed by atoms with Gasteiger partial charge in [0.05, 0.1) is 18.4 Å². The molecule has 1 aliphatic rings. The number of hydrogen-bond donors (Lipinski definition) is 1. The molecule has 8 heteroatoms. The highest BCUT2D eigenvalue weighted by Gasteiger charge is 2.26. The first-order valence-electron chi connectivity index (χ1n) is 10.3. The van der Waals surface area contributed by atoms with Crippen molar-refractivity contribution in [2.24, 2.45) is 0 Å². The van der Waals surface area contributed by atoms with Crippen molar-refractivity contribution < 1.29 is 22.7 Å². The molecule has 166 valence electrons. The Bertz CT molecular complexity index is 1090. The molecule has 3 rings (SSSR count). The van der Waals surface area contributed by atoms with Crippen LogP contribution in [0.5, 0.6) is 5.75 Å². The van der Waals surface area contributed by atoms with Crippen LogP contribution in [0.15, 0.2) is 41.3 Å². The summed E-state index contributed by atoms with van der Waals surface area (Å²) in [6.45, 7) is 4.31. The van der Waals surface area contributed by atoms with Gasteiger partial charge in [0.1, 0.15) is 5.75 Å². The predicted octanol–water partition coefficient (Wildman–Crippen LogP) is 3.56. The standard InChI is InChI=1S/C23H28N2O5S/c1-16-7-9-20(31(28,29)25-11-5-4-6-12-25)15-21(16)24-23(27)14-19-13-18(17(2)26)8-10-22(19)30-3/h7-10,13,15H,4-6,11-12,14H2,1-3H3,(H,24,27). The molecular formula is C23H28N2O5S. The summed E-state index contributed by atoms with van der Waals surface area (Å²) < 4.78 is 32.8. The van der Waals surface area contributed by atoms with E-state index in [0.717, 1.165) is 24.8 Å². The van der Waals surface area contributed by atoms with E-state index in [1.165, 1.54) is 24.4 Å². The fraction of sp³-hybridized carbons (Fsp3) is 0.391. The third-order valence-electron chi connectivity index (χ3n) is 5.47. The van der Waals surface area contributed by atoms with Gasteiger partial charge in [-0.3, -0.25) is 9.59 Å². The van der Waals surface area contributed by atoms with Crippen molar-refractivity contribution in [3.63, 3.8) is 0 Å². The maximum Gasteiger partial charge on any atom is 0.243 e. The number of carbonyl (C=O) groups excluding carboxylic acids is 2. The van der Waals surface area contributed by atoms with Crippen molar-refractivity contribution in [2.75, 3.05) is 25.5 Å². The molecule has 0 aliphatic carbocycles. The molecule has 1 N–H and O–H groups in total. The first-order valence-corrected chi connectivity index (χ1v) is 11.7. The minimum absolute atomic E-state index is 0.00711. The van der Waals surface area contributed by atoms with Gasteiger partial charge in [0.15, 0.2) is 5.78 Å². The monoisotopic (exact) mass is 444 g/mol. The summed E-state index contributed by atoms with van der Waals surface area (Å²) >= 11 is 0. The van der Waals surface area contributed by atoms with Crippen LogP contribution in [0.1, 0.15) is 47.7 Å². The molecule has 1 saturated heterocycles. The van der Waals surface area contributed by atoms with Crippen LogP contribution in [-0.4, -0.2) is 44.6 Å². The number of piperidine rings is 1. The summed E-state index contributed by atoms with van der Waals surface area (Å²) in [5.74, 6) is 0.0868. The van der Waals surface area contributed by atoms with E-state index in [4.69, 9.17) is 4.74 Å². The molecule has 1 amide bonds. The number of anilines is 1. The Morgan fingerprint density at radius 1 is 1.06 bits per heavy atom. The van der Waals surface area contributed by atoms with E-state index in [-0.39, 0.29) is 23.0 Å². The van der Waals surface area contributed by atoms with Crippen LogP contribution in [0.2, 0.25) is 0 Å². The Morgan fingerprint density at radius 3 is 2.42 bits per heavy atom. The van der Waals surface area contributed by atoms with Crippen LogP contribution in [0.4, 0.5) is 5.69 Å². The third kappa shape index (κ3) is 5.32. The highest BCUT2D eigenvalue weighted by atomic mass is 32.2. The number of hydrogen-bond acceptors (Lipinski definition) is 5. The number of nitrogens with one attached hydrogen (secondary N) is 1. The van der Waals surface area contributed by atoms with E-state index in [0.29, 0.717) is 35.7 Å². The Morgan fingerprint density at radius 2 is 1.77 bits per heavy atom. The van der Waals surface area contributed by atoms with Crippen LogP contribution in [0.3, 0.4) is 0 Å². The van der Waals surface area contributed by atoms with Gasteiger partial charge in [0, 0.05) is 29.9 Å². The highest BCUT2D eigenvalue weighted by Crippen LogP contribution is 2.26. The van der Waals surface area contributed by atoms with Crippen molar-refractivity contribution in [1.82, 2.24) is 4.31 Å². The molecule has 1 aliphatic heterocycles. The van der Waals surface area contributed by atoms with Gasteiger partial charge < -0.3 is 10.1 Å². The summed E-state index contributed by atoms with van der Waals surface area (Å²) in [5, 5.41) is 2.81. The Labute approximate surface area is 183 Å². The Kier molecular flexibility index (Phi) is 7.12. The van der Waals surface area contributed by atoms with Gasteiger partial charge in [-0.05, 0) is 62.6 Å². The van der Waals surface area contributed by atoms with E-state index in [9.17, 15) is 18.0 Å². The normalized spacial score (nSPS) is 14.8. The van der Waals surface area contributed by atoms with E-state index in [1.807, 2.05) is 6.92 Å². The van der Waals surface area contributed by atoms with Gasteiger partial charge in [-0.2, -0.15) is 4.31 Å². The molecule has 1 fully saturated rings. The lowest BCUT2D eigenvalue weighted by Crippen LogP contribution is -2.35. The van der Waals surface area contributed by atoms with Gasteiger partial charge in [-0.25, -0.2) is 8.42 Å². The van der Waals surface area contributed by atoms with Gasteiger partial charge in [0.2, 0.25) is 15.9 Å². The molecule has 2 aromatic rings. The fourth-order valence-corrected chi connectivity index (χ4v) is 5.20. The Hall–Kier alpha value is -2.71. The number of ether oxygens (including phenoxy) is 1. The molecule has 0 unspecified atom stereocenters. The molecule has 2 aromatic carbocycles. The zero-order valence-electron chi connectivity index (χ0n) is 18.1. The SMILES string of the molecule is COc1ccc(C(C)=O)cc1CC(=O)Nc1cc(S(=O)(=O)N2CCCCC2)ccc1C. The predicted molar refractivity (Wildman–Crippen MR) is 119 cm³/mol. The van der Waals surface area contributed by atoms with Gasteiger partial charge >= 0.3 is 0 Å². The lowest BCUT2D eigenvalue weighted by atomic mass is 10.0. The zero-order chi connectivity index (χ0) is 22.6. The summed E-state index contributed by atoms with van der Waals surface area (Å²) in [5.41, 5.74) is 2.29. The van der Waals surface area contributed by atoms with E-state index in [1.54, 1.807) is 30.3 Å². The van der Waals surface area contributed by atoms with Gasteiger partial charge in [0.25, 0.3) is 0 Å². The number of amides is 1. The van der Waals surface area contributed by atoms with Crippen LogP contribution in [-0.2, 0) is 21.2 Å². The highest BCUT2D eigenvalue weighted by molar-refractivity contribution is 7.89.